The van der Waals surface area contributed by atoms with Gasteiger partial charge in [-0.15, -0.1) is 0 Å². The van der Waals surface area contributed by atoms with Crippen LogP contribution in [0.5, 0.6) is 11.5 Å². The van der Waals surface area contributed by atoms with E-state index in [-0.39, 0.29) is 5.91 Å². The summed E-state index contributed by atoms with van der Waals surface area (Å²) in [5.41, 5.74) is 3.16. The van der Waals surface area contributed by atoms with Crippen molar-refractivity contribution in [2.75, 3.05) is 14.2 Å². The number of ether oxygens (including phenoxy) is 2. The molecule has 2 aromatic rings. The topological polar surface area (TPSA) is 38.8 Å². The molecule has 1 aliphatic rings. The van der Waals surface area contributed by atoms with Crippen LogP contribution in [-0.4, -0.2) is 29.3 Å². The first kappa shape index (κ1) is 18.5. The lowest BCUT2D eigenvalue weighted by molar-refractivity contribution is -0.121. The number of nitrogens with zero attached hydrogens (tertiary/aromatic N) is 1. The third-order valence-corrected chi connectivity index (χ3v) is 5.43. The van der Waals surface area contributed by atoms with Crippen LogP contribution in [0, 0.1) is 6.92 Å². The van der Waals surface area contributed by atoms with Gasteiger partial charge in [0, 0.05) is 7.05 Å². The highest BCUT2D eigenvalue weighted by Crippen LogP contribution is 2.34. The number of aryl methyl sites for hydroxylation is 1. The highest BCUT2D eigenvalue weighted by atomic mass is 32.2. The zero-order valence-electron chi connectivity index (χ0n) is 14.8. The predicted octanol–water partition coefficient (Wildman–Crippen LogP) is 4.41. The van der Waals surface area contributed by atoms with Crippen molar-refractivity contribution in [2.45, 2.75) is 13.5 Å². The molecule has 134 valence electrons. The first-order chi connectivity index (χ1) is 12.5. The van der Waals surface area contributed by atoms with E-state index in [2.05, 4.69) is 19.1 Å². The van der Waals surface area contributed by atoms with Gasteiger partial charge in [0.05, 0.1) is 12.0 Å². The van der Waals surface area contributed by atoms with Crippen LogP contribution >= 0.6 is 24.0 Å². The van der Waals surface area contributed by atoms with E-state index in [1.54, 1.807) is 14.2 Å². The summed E-state index contributed by atoms with van der Waals surface area (Å²) >= 11 is 6.45. The lowest BCUT2D eigenvalue weighted by Gasteiger charge is -2.12. The van der Waals surface area contributed by atoms with Crippen molar-refractivity contribution >= 4 is 40.3 Å². The number of likely N-dealkylation sites (N-methyl/N-ethyl adjacent to an activating group) is 1. The van der Waals surface area contributed by atoms with Crippen molar-refractivity contribution in [1.29, 1.82) is 0 Å². The van der Waals surface area contributed by atoms with Crippen LogP contribution in [0.3, 0.4) is 0 Å². The third kappa shape index (κ3) is 4.08. The van der Waals surface area contributed by atoms with Gasteiger partial charge in [-0.05, 0) is 36.3 Å². The number of carbonyl (C=O) groups excluding carboxylic acids is 1. The molecule has 0 bridgehead atoms. The molecule has 0 N–H and O–H groups in total. The molecule has 0 spiro atoms. The Morgan fingerprint density at radius 3 is 2.65 bits per heavy atom. The number of carbonyl (C=O) groups is 1. The van der Waals surface area contributed by atoms with E-state index in [0.29, 0.717) is 27.3 Å². The van der Waals surface area contributed by atoms with Crippen LogP contribution in [0.25, 0.3) is 6.08 Å². The molecule has 0 saturated carbocycles. The van der Waals surface area contributed by atoms with Crippen molar-refractivity contribution < 1.29 is 14.3 Å². The third-order valence-electron chi connectivity index (χ3n) is 3.95. The SMILES string of the molecule is COc1cc(/C=C2/SC(=S)N(C)C2=O)ccc1OCc1cccc(C)c1. The van der Waals surface area contributed by atoms with Crippen LogP contribution in [0.4, 0.5) is 0 Å². The lowest BCUT2D eigenvalue weighted by Crippen LogP contribution is -2.22. The summed E-state index contributed by atoms with van der Waals surface area (Å²) in [6, 6.07) is 13.8. The molecule has 0 aliphatic carbocycles. The van der Waals surface area contributed by atoms with Crippen LogP contribution in [-0.2, 0) is 11.4 Å². The highest BCUT2D eigenvalue weighted by molar-refractivity contribution is 8.26. The van der Waals surface area contributed by atoms with Crippen LogP contribution in [0.15, 0.2) is 47.4 Å². The maximum Gasteiger partial charge on any atom is 0.265 e. The predicted molar refractivity (Wildman–Crippen MR) is 109 cm³/mol. The van der Waals surface area contributed by atoms with Gasteiger partial charge in [0.2, 0.25) is 0 Å². The number of amides is 1. The average molecular weight is 386 g/mol. The van der Waals surface area contributed by atoms with Gasteiger partial charge in [0.25, 0.3) is 5.91 Å². The van der Waals surface area contributed by atoms with Crippen molar-refractivity contribution in [3.05, 3.63) is 64.1 Å². The summed E-state index contributed by atoms with van der Waals surface area (Å²) in [6.45, 7) is 2.52. The first-order valence-electron chi connectivity index (χ1n) is 8.06. The normalized spacial score (nSPS) is 15.7. The van der Waals surface area contributed by atoms with Gasteiger partial charge in [-0.1, -0.05) is 59.9 Å². The quantitative estimate of drug-likeness (QED) is 0.563. The molecule has 2 aromatic carbocycles. The fraction of sp³-hybridized carbons (Fsp3) is 0.200. The summed E-state index contributed by atoms with van der Waals surface area (Å²) in [5, 5.41) is 0. The number of rotatable bonds is 5. The van der Waals surface area contributed by atoms with Crippen molar-refractivity contribution in [3.8, 4) is 11.5 Å². The molecule has 1 amide bonds. The molecule has 0 radical (unpaired) electrons. The van der Waals surface area contributed by atoms with E-state index in [9.17, 15) is 4.79 Å². The molecule has 26 heavy (non-hydrogen) atoms. The Morgan fingerprint density at radius 2 is 2.00 bits per heavy atom. The van der Waals surface area contributed by atoms with Crippen molar-refractivity contribution in [3.63, 3.8) is 0 Å². The molecule has 0 atom stereocenters. The highest BCUT2D eigenvalue weighted by Gasteiger charge is 2.28. The minimum atomic E-state index is -0.0845. The van der Waals surface area contributed by atoms with E-state index >= 15 is 0 Å². The zero-order chi connectivity index (χ0) is 18.7. The number of thioether (sulfide) groups is 1. The minimum absolute atomic E-state index is 0.0845. The second-order valence-electron chi connectivity index (χ2n) is 5.93. The Balaban J connectivity index is 1.78. The van der Waals surface area contributed by atoms with E-state index in [0.717, 1.165) is 11.1 Å². The Bertz CT molecular complexity index is 892. The summed E-state index contributed by atoms with van der Waals surface area (Å²) in [7, 11) is 3.28. The van der Waals surface area contributed by atoms with Crippen molar-refractivity contribution in [2.24, 2.45) is 0 Å². The number of methoxy groups -OCH3 is 1. The number of thiocarbonyl (C=S) groups is 1. The first-order valence-corrected chi connectivity index (χ1v) is 9.28. The standard InChI is InChI=1S/C20H19NO3S2/c1-13-5-4-6-15(9-13)12-24-16-8-7-14(10-17(16)23-3)11-18-19(22)21(2)20(25)26-18/h4-11H,12H2,1-3H3/b18-11+. The molecule has 3 rings (SSSR count). The van der Waals surface area contributed by atoms with Gasteiger partial charge in [-0.3, -0.25) is 9.69 Å². The maximum atomic E-state index is 12.1. The van der Waals surface area contributed by atoms with Gasteiger partial charge in [-0.2, -0.15) is 0 Å². The largest absolute Gasteiger partial charge is 0.493 e. The van der Waals surface area contributed by atoms with Gasteiger partial charge in [0.15, 0.2) is 11.5 Å². The van der Waals surface area contributed by atoms with E-state index in [4.69, 9.17) is 21.7 Å². The molecule has 4 nitrogen and oxygen atoms in total. The molecule has 0 unspecified atom stereocenters. The van der Waals surface area contributed by atoms with Crippen LogP contribution < -0.4 is 9.47 Å². The summed E-state index contributed by atoms with van der Waals surface area (Å²) in [4.78, 5) is 14.2. The molecule has 0 aromatic heterocycles. The van der Waals surface area contributed by atoms with E-state index in [1.807, 2.05) is 36.4 Å². The summed E-state index contributed by atoms with van der Waals surface area (Å²) in [5.74, 6) is 1.20. The second kappa shape index (κ2) is 7.93. The smallest absolute Gasteiger partial charge is 0.265 e. The Hall–Kier alpha value is -2.31. The number of hydrogen-bond acceptors (Lipinski definition) is 5. The maximum absolute atomic E-state index is 12.1. The van der Waals surface area contributed by atoms with E-state index < -0.39 is 0 Å². The van der Waals surface area contributed by atoms with E-state index in [1.165, 1.54) is 22.2 Å². The zero-order valence-corrected chi connectivity index (χ0v) is 16.4. The Kier molecular flexibility index (Phi) is 5.64. The summed E-state index contributed by atoms with van der Waals surface area (Å²) < 4.78 is 11.9. The summed E-state index contributed by atoms with van der Waals surface area (Å²) in [6.07, 6.45) is 1.82. The minimum Gasteiger partial charge on any atom is -0.493 e. The molecule has 1 heterocycles. The molecule has 1 fully saturated rings. The molecular weight excluding hydrogens is 366 g/mol. The monoisotopic (exact) mass is 385 g/mol. The fourth-order valence-corrected chi connectivity index (χ4v) is 3.73. The van der Waals surface area contributed by atoms with Crippen molar-refractivity contribution in [1.82, 2.24) is 4.90 Å². The molecule has 6 heteroatoms. The van der Waals surface area contributed by atoms with Gasteiger partial charge >= 0.3 is 0 Å². The molecular formula is C20H19NO3S2. The number of benzene rings is 2. The number of hydrogen-bond donors (Lipinski definition) is 0. The van der Waals surface area contributed by atoms with Crippen LogP contribution in [0.1, 0.15) is 16.7 Å². The molecule has 1 aliphatic heterocycles. The van der Waals surface area contributed by atoms with Gasteiger partial charge < -0.3 is 9.47 Å². The average Bonchev–Trinajstić information content (AvgIpc) is 2.87. The second-order valence-corrected chi connectivity index (χ2v) is 7.60. The lowest BCUT2D eigenvalue weighted by atomic mass is 10.1. The van der Waals surface area contributed by atoms with Gasteiger partial charge in [0.1, 0.15) is 10.9 Å². The van der Waals surface area contributed by atoms with Gasteiger partial charge in [-0.25, -0.2) is 0 Å². The Morgan fingerprint density at radius 1 is 1.19 bits per heavy atom. The fourth-order valence-electron chi connectivity index (χ4n) is 2.55. The van der Waals surface area contributed by atoms with Crippen LogP contribution in [0.2, 0.25) is 0 Å². The molecule has 1 saturated heterocycles. The Labute approximate surface area is 162 Å².